The first-order chi connectivity index (χ1) is 14.4. The molecule has 0 radical (unpaired) electrons. The Morgan fingerprint density at radius 2 is 1.80 bits per heavy atom. The molecule has 2 aromatic carbocycles. The zero-order valence-corrected chi connectivity index (χ0v) is 15.7. The van der Waals surface area contributed by atoms with Gasteiger partial charge in [-0.3, -0.25) is 4.98 Å². The first-order valence-corrected chi connectivity index (χ1v) is 8.81. The van der Waals surface area contributed by atoms with E-state index in [1.165, 1.54) is 30.1 Å². The van der Waals surface area contributed by atoms with Crippen LogP contribution in [-0.2, 0) is 0 Å². The number of pyridine rings is 1. The van der Waals surface area contributed by atoms with E-state index in [0.29, 0.717) is 34.0 Å². The molecule has 0 aliphatic heterocycles. The van der Waals surface area contributed by atoms with Crippen LogP contribution in [0.4, 0.5) is 13.2 Å². The molecule has 2 heterocycles. The molecule has 2 aromatic heterocycles. The predicted octanol–water partition coefficient (Wildman–Crippen LogP) is 4.90. The van der Waals surface area contributed by atoms with Crippen LogP contribution in [0.3, 0.4) is 0 Å². The first-order valence-electron chi connectivity index (χ1n) is 8.81. The number of hydrogen-bond acceptors (Lipinski definition) is 5. The SMILES string of the molecule is COc1cc(-n2ncc(-c3ccccn3)n2)ccc1-c1cccc(OC(F)(F)F)c1. The molecule has 9 heteroatoms. The lowest BCUT2D eigenvalue weighted by Gasteiger charge is -2.13. The summed E-state index contributed by atoms with van der Waals surface area (Å²) in [7, 11) is 1.48. The van der Waals surface area contributed by atoms with Crippen molar-refractivity contribution in [3.05, 3.63) is 73.1 Å². The van der Waals surface area contributed by atoms with Crippen LogP contribution in [-0.4, -0.2) is 33.5 Å². The van der Waals surface area contributed by atoms with Gasteiger partial charge in [-0.1, -0.05) is 18.2 Å². The molecule has 6 nitrogen and oxygen atoms in total. The average molecular weight is 412 g/mol. The van der Waals surface area contributed by atoms with Crippen molar-refractivity contribution in [3.63, 3.8) is 0 Å². The van der Waals surface area contributed by atoms with E-state index in [4.69, 9.17) is 4.74 Å². The minimum absolute atomic E-state index is 0.306. The van der Waals surface area contributed by atoms with Gasteiger partial charge in [0.15, 0.2) is 0 Å². The van der Waals surface area contributed by atoms with Gasteiger partial charge in [0.2, 0.25) is 0 Å². The van der Waals surface area contributed by atoms with Crippen LogP contribution >= 0.6 is 0 Å². The van der Waals surface area contributed by atoms with Gasteiger partial charge in [-0.05, 0) is 42.0 Å². The fourth-order valence-electron chi connectivity index (χ4n) is 2.92. The largest absolute Gasteiger partial charge is 0.573 e. The lowest BCUT2D eigenvalue weighted by atomic mass is 10.0. The standard InChI is InChI=1S/C21H15F3N4O2/c1-29-20-12-15(28-26-13-19(27-28)18-7-2-3-10-25-18)8-9-17(20)14-5-4-6-16(11-14)30-21(22,23)24/h2-13H,1H3. The van der Waals surface area contributed by atoms with Crippen LogP contribution in [0.2, 0.25) is 0 Å². The van der Waals surface area contributed by atoms with E-state index in [1.54, 1.807) is 36.7 Å². The zero-order valence-electron chi connectivity index (χ0n) is 15.7. The number of rotatable bonds is 5. The van der Waals surface area contributed by atoms with Crippen LogP contribution in [0.1, 0.15) is 0 Å². The molecule has 0 saturated carbocycles. The van der Waals surface area contributed by atoms with Crippen LogP contribution in [0, 0.1) is 0 Å². The highest BCUT2D eigenvalue weighted by atomic mass is 19.4. The van der Waals surface area contributed by atoms with Gasteiger partial charge in [-0.2, -0.15) is 9.90 Å². The maximum atomic E-state index is 12.5. The maximum Gasteiger partial charge on any atom is 0.573 e. The fraction of sp³-hybridized carbons (Fsp3) is 0.0952. The minimum Gasteiger partial charge on any atom is -0.496 e. The summed E-state index contributed by atoms with van der Waals surface area (Å²) in [5, 5.41) is 8.69. The summed E-state index contributed by atoms with van der Waals surface area (Å²) in [5.74, 6) is 0.147. The number of methoxy groups -OCH3 is 1. The van der Waals surface area contributed by atoms with Crippen LogP contribution in [0.5, 0.6) is 11.5 Å². The summed E-state index contributed by atoms with van der Waals surface area (Å²) >= 11 is 0. The Morgan fingerprint density at radius 3 is 2.53 bits per heavy atom. The molecule has 4 rings (SSSR count). The highest BCUT2D eigenvalue weighted by Crippen LogP contribution is 2.34. The summed E-state index contributed by atoms with van der Waals surface area (Å²) in [5.41, 5.74) is 3.04. The van der Waals surface area contributed by atoms with Crippen molar-refractivity contribution in [1.29, 1.82) is 0 Å². The van der Waals surface area contributed by atoms with Gasteiger partial charge in [0.1, 0.15) is 17.2 Å². The summed E-state index contributed by atoms with van der Waals surface area (Å²) in [6.07, 6.45) is -1.49. The lowest BCUT2D eigenvalue weighted by molar-refractivity contribution is -0.274. The van der Waals surface area contributed by atoms with E-state index >= 15 is 0 Å². The third kappa shape index (κ3) is 4.24. The molecule has 152 valence electrons. The first kappa shape index (κ1) is 19.4. The molecular formula is C21H15F3N4O2. The second-order valence-corrected chi connectivity index (χ2v) is 6.19. The van der Waals surface area contributed by atoms with Gasteiger partial charge >= 0.3 is 6.36 Å². The van der Waals surface area contributed by atoms with Crippen molar-refractivity contribution in [2.45, 2.75) is 6.36 Å². The lowest BCUT2D eigenvalue weighted by Crippen LogP contribution is -2.17. The summed E-state index contributed by atoms with van der Waals surface area (Å²) in [4.78, 5) is 5.67. The Kier molecular flexibility index (Phi) is 5.09. The molecule has 0 N–H and O–H groups in total. The van der Waals surface area contributed by atoms with Crippen molar-refractivity contribution < 1.29 is 22.6 Å². The highest BCUT2D eigenvalue weighted by Gasteiger charge is 2.31. The zero-order chi connectivity index (χ0) is 21.1. The second-order valence-electron chi connectivity index (χ2n) is 6.19. The van der Waals surface area contributed by atoms with Crippen molar-refractivity contribution in [3.8, 4) is 39.7 Å². The Hall–Kier alpha value is -3.88. The monoisotopic (exact) mass is 412 g/mol. The molecule has 0 aliphatic rings. The van der Waals surface area contributed by atoms with Crippen molar-refractivity contribution in [2.24, 2.45) is 0 Å². The Balaban J connectivity index is 1.66. The fourth-order valence-corrected chi connectivity index (χ4v) is 2.92. The molecule has 0 spiro atoms. The number of hydrogen-bond donors (Lipinski definition) is 0. The highest BCUT2D eigenvalue weighted by molar-refractivity contribution is 5.73. The average Bonchev–Trinajstić information content (AvgIpc) is 3.23. The molecule has 0 saturated heterocycles. The number of halogens is 3. The third-order valence-electron chi connectivity index (χ3n) is 4.21. The van der Waals surface area contributed by atoms with E-state index in [2.05, 4.69) is 19.9 Å². The molecular weight excluding hydrogens is 397 g/mol. The van der Waals surface area contributed by atoms with Crippen LogP contribution in [0.15, 0.2) is 73.1 Å². The molecule has 0 aliphatic carbocycles. The number of aromatic nitrogens is 4. The molecule has 0 atom stereocenters. The van der Waals surface area contributed by atoms with Gasteiger partial charge in [0, 0.05) is 17.8 Å². The van der Waals surface area contributed by atoms with E-state index in [-0.39, 0.29) is 5.75 Å². The summed E-state index contributed by atoms with van der Waals surface area (Å²) in [6, 6.07) is 16.4. The Morgan fingerprint density at radius 1 is 0.933 bits per heavy atom. The predicted molar refractivity (Wildman–Crippen MR) is 103 cm³/mol. The Labute approximate surface area is 169 Å². The molecule has 0 unspecified atom stereocenters. The maximum absolute atomic E-state index is 12.5. The van der Waals surface area contributed by atoms with Gasteiger partial charge in [-0.25, -0.2) is 0 Å². The third-order valence-corrected chi connectivity index (χ3v) is 4.21. The van der Waals surface area contributed by atoms with Gasteiger partial charge < -0.3 is 9.47 Å². The van der Waals surface area contributed by atoms with Gasteiger partial charge in [-0.15, -0.1) is 18.3 Å². The summed E-state index contributed by atoms with van der Waals surface area (Å²) in [6.45, 7) is 0. The molecule has 30 heavy (non-hydrogen) atoms. The Bertz CT molecular complexity index is 1160. The van der Waals surface area contributed by atoms with Gasteiger partial charge in [0.25, 0.3) is 0 Å². The van der Waals surface area contributed by atoms with E-state index in [1.807, 2.05) is 18.2 Å². The van der Waals surface area contributed by atoms with E-state index < -0.39 is 6.36 Å². The van der Waals surface area contributed by atoms with Gasteiger partial charge in [0.05, 0.1) is 24.7 Å². The molecule has 4 aromatic rings. The molecule has 0 fully saturated rings. The number of ether oxygens (including phenoxy) is 2. The minimum atomic E-state index is -4.76. The smallest absolute Gasteiger partial charge is 0.496 e. The van der Waals surface area contributed by atoms with Crippen molar-refractivity contribution in [1.82, 2.24) is 20.0 Å². The quantitative estimate of drug-likeness (QED) is 0.466. The number of alkyl halides is 3. The molecule has 0 bridgehead atoms. The number of nitrogens with zero attached hydrogens (tertiary/aromatic N) is 4. The van der Waals surface area contributed by atoms with Crippen molar-refractivity contribution >= 4 is 0 Å². The summed E-state index contributed by atoms with van der Waals surface area (Å²) < 4.78 is 47.0. The van der Waals surface area contributed by atoms with Crippen LogP contribution < -0.4 is 9.47 Å². The van der Waals surface area contributed by atoms with E-state index in [9.17, 15) is 13.2 Å². The second kappa shape index (κ2) is 7.86. The number of benzene rings is 2. The topological polar surface area (TPSA) is 62.1 Å². The normalized spacial score (nSPS) is 11.3. The van der Waals surface area contributed by atoms with E-state index in [0.717, 1.165) is 0 Å². The van der Waals surface area contributed by atoms with Crippen molar-refractivity contribution in [2.75, 3.05) is 7.11 Å². The van der Waals surface area contributed by atoms with Crippen LogP contribution in [0.25, 0.3) is 28.2 Å². The molecule has 0 amide bonds.